The van der Waals surface area contributed by atoms with Crippen molar-refractivity contribution < 1.29 is 0 Å². The molecule has 15 heavy (non-hydrogen) atoms. The number of rotatable bonds is 3. The van der Waals surface area contributed by atoms with Crippen LogP contribution in [0.2, 0.25) is 5.28 Å². The van der Waals surface area contributed by atoms with Crippen LogP contribution in [0.5, 0.6) is 0 Å². The number of nitrogens with zero attached hydrogens (tertiary/aromatic N) is 3. The molecule has 0 aromatic carbocycles. The number of hydrogen-bond acceptors (Lipinski definition) is 3. The molecular weight excluding hydrogens is 210 g/mol. The number of hydrogen-bond donors (Lipinski definition) is 0. The quantitative estimate of drug-likeness (QED) is 0.741. The van der Waals surface area contributed by atoms with E-state index in [2.05, 4.69) is 28.8 Å². The van der Waals surface area contributed by atoms with Gasteiger partial charge in [0.05, 0.1) is 0 Å². The Morgan fingerprint density at radius 3 is 2.73 bits per heavy atom. The predicted octanol–water partition coefficient (Wildman–Crippen LogP) is 2.53. The minimum Gasteiger partial charge on any atom is -0.359 e. The monoisotopic (exact) mass is 225 g/mol. The highest BCUT2D eigenvalue weighted by Gasteiger charge is 2.33. The van der Waals surface area contributed by atoms with Gasteiger partial charge in [0.15, 0.2) is 0 Å². The van der Waals surface area contributed by atoms with Gasteiger partial charge in [-0.15, -0.1) is 0 Å². The molecule has 1 aromatic heterocycles. The van der Waals surface area contributed by atoms with Gasteiger partial charge in [0.25, 0.3) is 0 Å². The summed E-state index contributed by atoms with van der Waals surface area (Å²) in [6, 6.07) is 1.97. The van der Waals surface area contributed by atoms with E-state index >= 15 is 0 Å². The lowest BCUT2D eigenvalue weighted by Gasteiger charge is -2.18. The SMILES string of the molecule is Cc1cc(N(C)CC2CC2C)nc(Cl)n1. The predicted molar refractivity (Wildman–Crippen MR) is 62.3 cm³/mol. The molecule has 0 radical (unpaired) electrons. The molecule has 0 amide bonds. The Labute approximate surface area is 95.5 Å². The van der Waals surface area contributed by atoms with Crippen molar-refractivity contribution in [3.05, 3.63) is 17.0 Å². The normalized spacial score (nSPS) is 24.0. The maximum absolute atomic E-state index is 5.83. The maximum atomic E-state index is 5.83. The summed E-state index contributed by atoms with van der Waals surface area (Å²) in [6.45, 7) is 5.29. The Balaban J connectivity index is 2.07. The summed E-state index contributed by atoms with van der Waals surface area (Å²) in [6.07, 6.45) is 1.34. The lowest BCUT2D eigenvalue weighted by molar-refractivity contribution is 0.718. The average Bonchev–Trinajstić information content (AvgIpc) is 2.79. The lowest BCUT2D eigenvalue weighted by atomic mass is 10.3. The van der Waals surface area contributed by atoms with Crippen molar-refractivity contribution in [2.75, 3.05) is 18.5 Å². The van der Waals surface area contributed by atoms with E-state index in [1.807, 2.05) is 13.0 Å². The first-order valence-corrected chi connectivity index (χ1v) is 5.66. The zero-order chi connectivity index (χ0) is 11.0. The maximum Gasteiger partial charge on any atom is 0.224 e. The van der Waals surface area contributed by atoms with E-state index in [9.17, 15) is 0 Å². The van der Waals surface area contributed by atoms with Crippen molar-refractivity contribution >= 4 is 17.4 Å². The molecule has 1 fully saturated rings. The van der Waals surface area contributed by atoms with Crippen LogP contribution in [-0.4, -0.2) is 23.6 Å². The number of aromatic nitrogens is 2. The molecule has 3 nitrogen and oxygen atoms in total. The van der Waals surface area contributed by atoms with Crippen molar-refractivity contribution in [1.82, 2.24) is 9.97 Å². The molecule has 1 saturated carbocycles. The van der Waals surface area contributed by atoms with E-state index in [1.54, 1.807) is 0 Å². The van der Waals surface area contributed by atoms with Crippen LogP contribution in [0.25, 0.3) is 0 Å². The van der Waals surface area contributed by atoms with E-state index < -0.39 is 0 Å². The van der Waals surface area contributed by atoms with Gasteiger partial charge in [-0.2, -0.15) is 0 Å². The largest absolute Gasteiger partial charge is 0.359 e. The molecule has 82 valence electrons. The third kappa shape index (κ3) is 2.59. The van der Waals surface area contributed by atoms with Gasteiger partial charge in [0.1, 0.15) is 5.82 Å². The summed E-state index contributed by atoms with van der Waals surface area (Å²) in [5, 5.41) is 0.334. The van der Waals surface area contributed by atoms with Gasteiger partial charge in [-0.05, 0) is 36.8 Å². The number of anilines is 1. The van der Waals surface area contributed by atoms with E-state index in [1.165, 1.54) is 6.42 Å². The van der Waals surface area contributed by atoms with Crippen LogP contribution in [0.4, 0.5) is 5.82 Å². The highest BCUT2D eigenvalue weighted by molar-refractivity contribution is 6.28. The smallest absolute Gasteiger partial charge is 0.224 e. The van der Waals surface area contributed by atoms with Crippen LogP contribution >= 0.6 is 11.6 Å². The van der Waals surface area contributed by atoms with Crippen LogP contribution in [0, 0.1) is 18.8 Å². The van der Waals surface area contributed by atoms with E-state index in [-0.39, 0.29) is 0 Å². The van der Waals surface area contributed by atoms with Gasteiger partial charge in [0, 0.05) is 25.4 Å². The summed E-state index contributed by atoms with van der Waals surface area (Å²) in [7, 11) is 2.06. The molecule has 1 aliphatic rings. The molecule has 2 rings (SSSR count). The number of aryl methyl sites for hydroxylation is 1. The summed E-state index contributed by atoms with van der Waals surface area (Å²) in [4.78, 5) is 10.4. The third-order valence-corrected chi connectivity index (χ3v) is 3.16. The van der Waals surface area contributed by atoms with Crippen LogP contribution in [-0.2, 0) is 0 Å². The topological polar surface area (TPSA) is 29.0 Å². The van der Waals surface area contributed by atoms with Crippen LogP contribution in [0.15, 0.2) is 6.07 Å². The fraction of sp³-hybridized carbons (Fsp3) is 0.636. The van der Waals surface area contributed by atoms with Crippen molar-refractivity contribution in [1.29, 1.82) is 0 Å². The van der Waals surface area contributed by atoms with Crippen molar-refractivity contribution in [3.8, 4) is 0 Å². The summed E-state index contributed by atoms with van der Waals surface area (Å²) >= 11 is 5.83. The average molecular weight is 226 g/mol. The molecule has 0 bridgehead atoms. The van der Waals surface area contributed by atoms with Crippen LogP contribution in [0.3, 0.4) is 0 Å². The molecule has 4 heteroatoms. The third-order valence-electron chi connectivity index (χ3n) is 2.99. The second-order valence-electron chi connectivity index (χ2n) is 4.49. The first-order valence-electron chi connectivity index (χ1n) is 5.28. The van der Waals surface area contributed by atoms with Gasteiger partial charge in [0.2, 0.25) is 5.28 Å². The molecule has 1 heterocycles. The zero-order valence-corrected chi connectivity index (χ0v) is 10.1. The Kier molecular flexibility index (Phi) is 2.83. The standard InChI is InChI=1S/C11H16ClN3/c1-7-4-9(7)6-15(3)10-5-8(2)13-11(12)14-10/h5,7,9H,4,6H2,1-3H3. The van der Waals surface area contributed by atoms with Gasteiger partial charge in [-0.1, -0.05) is 6.92 Å². The second-order valence-corrected chi connectivity index (χ2v) is 4.83. The Morgan fingerprint density at radius 1 is 1.53 bits per heavy atom. The molecule has 0 aliphatic heterocycles. The minimum atomic E-state index is 0.334. The van der Waals surface area contributed by atoms with Gasteiger partial charge >= 0.3 is 0 Å². The first kappa shape index (κ1) is 10.7. The highest BCUT2D eigenvalue weighted by atomic mass is 35.5. The summed E-state index contributed by atoms with van der Waals surface area (Å²) in [5.41, 5.74) is 0.917. The van der Waals surface area contributed by atoms with Crippen molar-refractivity contribution in [2.24, 2.45) is 11.8 Å². The first-order chi connectivity index (χ1) is 7.06. The Morgan fingerprint density at radius 2 is 2.20 bits per heavy atom. The van der Waals surface area contributed by atoms with E-state index in [0.717, 1.165) is 29.9 Å². The highest BCUT2D eigenvalue weighted by Crippen LogP contribution is 2.38. The summed E-state index contributed by atoms with van der Waals surface area (Å²) < 4.78 is 0. The molecular formula is C11H16ClN3. The fourth-order valence-electron chi connectivity index (χ4n) is 1.81. The lowest BCUT2D eigenvalue weighted by Crippen LogP contribution is -2.22. The summed E-state index contributed by atoms with van der Waals surface area (Å²) in [5.74, 6) is 2.61. The van der Waals surface area contributed by atoms with Gasteiger partial charge < -0.3 is 4.90 Å². The van der Waals surface area contributed by atoms with Crippen LogP contribution in [0.1, 0.15) is 19.0 Å². The van der Waals surface area contributed by atoms with Gasteiger partial charge in [-0.25, -0.2) is 9.97 Å². The zero-order valence-electron chi connectivity index (χ0n) is 9.37. The Hall–Kier alpha value is -0.830. The molecule has 0 spiro atoms. The van der Waals surface area contributed by atoms with E-state index in [4.69, 9.17) is 11.6 Å². The Bertz CT molecular complexity index is 347. The minimum absolute atomic E-state index is 0.334. The molecule has 2 unspecified atom stereocenters. The van der Waals surface area contributed by atoms with Gasteiger partial charge in [-0.3, -0.25) is 0 Å². The molecule has 1 aromatic rings. The molecule has 0 N–H and O–H groups in total. The second kappa shape index (κ2) is 3.97. The van der Waals surface area contributed by atoms with Crippen molar-refractivity contribution in [2.45, 2.75) is 20.3 Å². The van der Waals surface area contributed by atoms with Crippen LogP contribution < -0.4 is 4.90 Å². The molecule has 0 saturated heterocycles. The molecule has 1 aliphatic carbocycles. The fourth-order valence-corrected chi connectivity index (χ4v) is 2.03. The molecule has 2 atom stereocenters. The number of halogens is 1. The van der Waals surface area contributed by atoms with Crippen molar-refractivity contribution in [3.63, 3.8) is 0 Å². The van der Waals surface area contributed by atoms with E-state index in [0.29, 0.717) is 5.28 Å².